The first-order chi connectivity index (χ1) is 6.81. The fourth-order valence-electron chi connectivity index (χ4n) is 1.85. The van der Waals surface area contributed by atoms with Gasteiger partial charge in [-0.05, 0) is 32.4 Å². The van der Waals surface area contributed by atoms with Gasteiger partial charge in [-0.3, -0.25) is 4.90 Å². The van der Waals surface area contributed by atoms with E-state index in [1.165, 1.54) is 19.4 Å². The van der Waals surface area contributed by atoms with E-state index in [1.54, 1.807) is 7.11 Å². The monoisotopic (exact) mass is 200 g/mol. The fraction of sp³-hybridized carbons (Fsp3) is 1.00. The second-order valence-corrected chi connectivity index (χ2v) is 4.12. The highest BCUT2D eigenvalue weighted by atomic mass is 16.5. The third kappa shape index (κ3) is 3.95. The van der Waals surface area contributed by atoms with E-state index in [0.717, 1.165) is 25.6 Å². The maximum Gasteiger partial charge on any atom is 0.0589 e. The van der Waals surface area contributed by atoms with Gasteiger partial charge in [0, 0.05) is 26.2 Å². The summed E-state index contributed by atoms with van der Waals surface area (Å²) in [5.41, 5.74) is 0. The highest BCUT2D eigenvalue weighted by Crippen LogP contribution is 2.32. The van der Waals surface area contributed by atoms with Crippen molar-refractivity contribution in [1.29, 1.82) is 0 Å². The molecule has 0 saturated heterocycles. The molecule has 1 rings (SSSR count). The average molecular weight is 200 g/mol. The number of hydrogen-bond donors (Lipinski definition) is 1. The smallest absolute Gasteiger partial charge is 0.0589 e. The fourth-order valence-corrected chi connectivity index (χ4v) is 1.85. The zero-order chi connectivity index (χ0) is 10.4. The van der Waals surface area contributed by atoms with Crippen molar-refractivity contribution >= 4 is 0 Å². The minimum Gasteiger partial charge on any atom is -0.383 e. The highest BCUT2D eigenvalue weighted by molar-refractivity contribution is 4.87. The molecule has 1 atom stereocenters. The Morgan fingerprint density at radius 2 is 2.21 bits per heavy atom. The van der Waals surface area contributed by atoms with E-state index in [1.807, 2.05) is 0 Å². The van der Waals surface area contributed by atoms with E-state index in [2.05, 4.69) is 24.2 Å². The summed E-state index contributed by atoms with van der Waals surface area (Å²) in [5.74, 6) is 0.927. The molecule has 1 aliphatic carbocycles. The lowest BCUT2D eigenvalue weighted by Gasteiger charge is -2.25. The Balaban J connectivity index is 2.22. The second-order valence-electron chi connectivity index (χ2n) is 4.12. The van der Waals surface area contributed by atoms with Crippen LogP contribution in [0.15, 0.2) is 0 Å². The molecule has 0 spiro atoms. The van der Waals surface area contributed by atoms with Crippen LogP contribution in [0.5, 0.6) is 0 Å². The number of methoxy groups -OCH3 is 1. The van der Waals surface area contributed by atoms with Gasteiger partial charge in [0.25, 0.3) is 0 Å². The van der Waals surface area contributed by atoms with Crippen molar-refractivity contribution in [2.45, 2.75) is 25.8 Å². The van der Waals surface area contributed by atoms with Gasteiger partial charge in [-0.2, -0.15) is 0 Å². The van der Waals surface area contributed by atoms with Crippen LogP contribution in [0, 0.1) is 5.92 Å². The van der Waals surface area contributed by atoms with Crippen molar-refractivity contribution in [3.05, 3.63) is 0 Å². The maximum absolute atomic E-state index is 5.10. The van der Waals surface area contributed by atoms with Crippen LogP contribution in [0.1, 0.15) is 19.8 Å². The molecule has 0 aromatic carbocycles. The largest absolute Gasteiger partial charge is 0.383 e. The minimum atomic E-state index is 0.687. The van der Waals surface area contributed by atoms with E-state index >= 15 is 0 Å². The Hall–Kier alpha value is -0.120. The Morgan fingerprint density at radius 3 is 2.64 bits per heavy atom. The van der Waals surface area contributed by atoms with Crippen LogP contribution in [0.4, 0.5) is 0 Å². The highest BCUT2D eigenvalue weighted by Gasteiger charge is 2.30. The van der Waals surface area contributed by atoms with E-state index in [0.29, 0.717) is 6.04 Å². The third-order valence-corrected chi connectivity index (χ3v) is 3.08. The Kier molecular flexibility index (Phi) is 5.45. The molecule has 1 N–H and O–H groups in total. The molecule has 0 aliphatic heterocycles. The van der Waals surface area contributed by atoms with Crippen LogP contribution < -0.4 is 5.32 Å². The average Bonchev–Trinajstić information content (AvgIpc) is 3.02. The van der Waals surface area contributed by atoms with Crippen LogP contribution in [-0.2, 0) is 4.74 Å². The van der Waals surface area contributed by atoms with Gasteiger partial charge in [-0.1, -0.05) is 6.92 Å². The maximum atomic E-state index is 5.10. The summed E-state index contributed by atoms with van der Waals surface area (Å²) < 4.78 is 5.10. The summed E-state index contributed by atoms with van der Waals surface area (Å²) in [6.45, 7) is 6.40. The van der Waals surface area contributed by atoms with E-state index in [4.69, 9.17) is 4.74 Å². The molecular formula is C11H24N2O. The molecular weight excluding hydrogens is 176 g/mol. The van der Waals surface area contributed by atoms with Crippen LogP contribution in [0.25, 0.3) is 0 Å². The number of hydrogen-bond acceptors (Lipinski definition) is 3. The molecule has 3 nitrogen and oxygen atoms in total. The number of nitrogens with zero attached hydrogens (tertiary/aromatic N) is 1. The van der Waals surface area contributed by atoms with Gasteiger partial charge in [0.15, 0.2) is 0 Å². The molecule has 1 unspecified atom stereocenters. The van der Waals surface area contributed by atoms with Crippen LogP contribution >= 0.6 is 0 Å². The lowest BCUT2D eigenvalue weighted by Crippen LogP contribution is -2.42. The van der Waals surface area contributed by atoms with Crippen LogP contribution in [0.3, 0.4) is 0 Å². The van der Waals surface area contributed by atoms with E-state index in [9.17, 15) is 0 Å². The molecule has 0 amide bonds. The van der Waals surface area contributed by atoms with Crippen LogP contribution in [0.2, 0.25) is 0 Å². The Bertz CT molecular complexity index is 148. The van der Waals surface area contributed by atoms with Crippen molar-refractivity contribution in [3.63, 3.8) is 0 Å². The molecule has 0 radical (unpaired) electrons. The standard InChI is InChI=1S/C11H24N2O/c1-4-13(7-8-14-3)9-11(12-2)10-5-6-10/h10-12H,4-9H2,1-3H3. The first-order valence-electron chi connectivity index (χ1n) is 5.70. The molecule has 1 aliphatic rings. The van der Waals surface area contributed by atoms with Gasteiger partial charge < -0.3 is 10.1 Å². The second kappa shape index (κ2) is 6.38. The number of nitrogens with one attached hydrogen (secondary N) is 1. The van der Waals surface area contributed by atoms with Gasteiger partial charge in [0.1, 0.15) is 0 Å². The first-order valence-corrected chi connectivity index (χ1v) is 5.70. The third-order valence-electron chi connectivity index (χ3n) is 3.08. The van der Waals surface area contributed by atoms with Crippen molar-refractivity contribution in [2.24, 2.45) is 5.92 Å². The number of rotatable bonds is 8. The molecule has 14 heavy (non-hydrogen) atoms. The minimum absolute atomic E-state index is 0.687. The molecule has 0 bridgehead atoms. The zero-order valence-electron chi connectivity index (χ0n) is 9.75. The zero-order valence-corrected chi connectivity index (χ0v) is 9.75. The number of likely N-dealkylation sites (N-methyl/N-ethyl adjacent to an activating group) is 2. The van der Waals surface area contributed by atoms with E-state index in [-0.39, 0.29) is 0 Å². The van der Waals surface area contributed by atoms with Crippen molar-refractivity contribution in [2.75, 3.05) is 40.4 Å². The van der Waals surface area contributed by atoms with Gasteiger partial charge in [0.05, 0.1) is 6.61 Å². The van der Waals surface area contributed by atoms with Gasteiger partial charge >= 0.3 is 0 Å². The molecule has 3 heteroatoms. The quantitative estimate of drug-likeness (QED) is 0.631. The summed E-state index contributed by atoms with van der Waals surface area (Å²) in [5, 5.41) is 3.42. The molecule has 1 fully saturated rings. The van der Waals surface area contributed by atoms with Gasteiger partial charge in [0.2, 0.25) is 0 Å². The predicted molar refractivity (Wildman–Crippen MR) is 59.6 cm³/mol. The van der Waals surface area contributed by atoms with Gasteiger partial charge in [-0.15, -0.1) is 0 Å². The topological polar surface area (TPSA) is 24.5 Å². The molecule has 0 heterocycles. The molecule has 0 aromatic heterocycles. The molecule has 0 aromatic rings. The number of ether oxygens (including phenoxy) is 1. The summed E-state index contributed by atoms with van der Waals surface area (Å²) in [6, 6.07) is 0.687. The van der Waals surface area contributed by atoms with Crippen LogP contribution in [-0.4, -0.2) is 51.3 Å². The Morgan fingerprint density at radius 1 is 1.50 bits per heavy atom. The van der Waals surface area contributed by atoms with Gasteiger partial charge in [-0.25, -0.2) is 0 Å². The summed E-state index contributed by atoms with van der Waals surface area (Å²) in [6.07, 6.45) is 2.82. The van der Waals surface area contributed by atoms with Crippen molar-refractivity contribution in [1.82, 2.24) is 10.2 Å². The SMILES string of the molecule is CCN(CCOC)CC(NC)C1CC1. The van der Waals surface area contributed by atoms with Crippen molar-refractivity contribution in [3.8, 4) is 0 Å². The Labute approximate surface area is 87.8 Å². The lowest BCUT2D eigenvalue weighted by atomic mass is 10.2. The lowest BCUT2D eigenvalue weighted by molar-refractivity contribution is 0.142. The van der Waals surface area contributed by atoms with E-state index < -0.39 is 0 Å². The predicted octanol–water partition coefficient (Wildman–Crippen LogP) is 0.953. The first kappa shape index (κ1) is 12.0. The normalized spacial score (nSPS) is 18.9. The summed E-state index contributed by atoms with van der Waals surface area (Å²) in [7, 11) is 3.84. The molecule has 84 valence electrons. The molecule has 1 saturated carbocycles. The van der Waals surface area contributed by atoms with Crippen molar-refractivity contribution < 1.29 is 4.74 Å². The summed E-state index contributed by atoms with van der Waals surface area (Å²) >= 11 is 0. The summed E-state index contributed by atoms with van der Waals surface area (Å²) in [4.78, 5) is 2.46.